The largest absolute Gasteiger partial charge is 0.247 e. The van der Waals surface area contributed by atoms with Crippen LogP contribution in [0.15, 0.2) is 30.3 Å². The van der Waals surface area contributed by atoms with E-state index in [1.807, 2.05) is 0 Å². The molecule has 0 bridgehead atoms. The molecule has 0 unspecified atom stereocenters. The van der Waals surface area contributed by atoms with Gasteiger partial charge in [0.2, 0.25) is 6.17 Å². The quantitative estimate of drug-likeness (QED) is 0.593. The van der Waals surface area contributed by atoms with E-state index in [-0.39, 0.29) is 0 Å². The van der Waals surface area contributed by atoms with Gasteiger partial charge in [-0.1, -0.05) is 30.3 Å². The molecule has 1 rings (SSSR count). The van der Waals surface area contributed by atoms with Crippen LogP contribution in [-0.4, -0.2) is 6.67 Å². The minimum Gasteiger partial charge on any atom is -0.247 e. The molecule has 0 fully saturated rings. The highest BCUT2D eigenvalue weighted by Gasteiger charge is 2.08. The smallest absolute Gasteiger partial charge is 0.204 e. The predicted molar refractivity (Wildman–Crippen MR) is 35.9 cm³/mol. The first-order valence-corrected chi connectivity index (χ1v) is 2.97. The Hall–Kier alpha value is -0.920. The molecular weight excluding hydrogens is 134 g/mol. The summed E-state index contributed by atoms with van der Waals surface area (Å²) in [6.45, 7) is -1.02. The third-order valence-corrected chi connectivity index (χ3v) is 1.20. The molecule has 0 heterocycles. The molecule has 0 aliphatic heterocycles. The van der Waals surface area contributed by atoms with Gasteiger partial charge in [-0.25, -0.2) is 8.78 Å². The van der Waals surface area contributed by atoms with E-state index in [1.165, 1.54) is 12.1 Å². The fraction of sp³-hybridized carbons (Fsp3) is 0.125. The van der Waals surface area contributed by atoms with Crippen molar-refractivity contribution in [2.75, 3.05) is 6.67 Å². The molecule has 1 aromatic carbocycles. The van der Waals surface area contributed by atoms with Gasteiger partial charge in [0.15, 0.2) is 0 Å². The lowest BCUT2D eigenvalue weighted by Crippen LogP contribution is -1.92. The van der Waals surface area contributed by atoms with Crippen molar-refractivity contribution in [1.82, 2.24) is 0 Å². The molecule has 0 nitrogen and oxygen atoms in total. The van der Waals surface area contributed by atoms with E-state index in [0.717, 1.165) is 0 Å². The zero-order valence-corrected chi connectivity index (χ0v) is 5.35. The summed E-state index contributed by atoms with van der Waals surface area (Å²) in [5.41, 5.74) is 0.324. The summed E-state index contributed by atoms with van der Waals surface area (Å²) in [5, 5.41) is 0. The molecule has 1 radical (unpaired) electrons. The van der Waals surface area contributed by atoms with E-state index in [2.05, 4.69) is 0 Å². The molecule has 0 atom stereocenters. The summed E-state index contributed by atoms with van der Waals surface area (Å²) in [7, 11) is 0. The van der Waals surface area contributed by atoms with Gasteiger partial charge in [-0.15, -0.1) is 0 Å². The second-order valence-corrected chi connectivity index (χ2v) is 1.90. The van der Waals surface area contributed by atoms with Crippen LogP contribution in [0.25, 0.3) is 0 Å². The van der Waals surface area contributed by atoms with Gasteiger partial charge in [0.05, 0.1) is 0 Å². The molecule has 0 aliphatic rings. The van der Waals surface area contributed by atoms with E-state index in [9.17, 15) is 8.78 Å². The number of benzene rings is 1. The Morgan fingerprint density at radius 3 is 2.30 bits per heavy atom. The van der Waals surface area contributed by atoms with Crippen molar-refractivity contribution >= 4 is 0 Å². The summed E-state index contributed by atoms with van der Waals surface area (Å²) in [6.07, 6.45) is -0.708. The maximum Gasteiger partial charge on any atom is 0.204 e. The van der Waals surface area contributed by atoms with Gasteiger partial charge in [0, 0.05) is 0 Å². The zero-order chi connectivity index (χ0) is 7.40. The molecule has 53 valence electrons. The molecule has 2 heteroatoms. The number of halogens is 2. The summed E-state index contributed by atoms with van der Waals surface area (Å²) in [6, 6.07) is 8.17. The SMILES string of the molecule is FC[C](F)c1ccccc1. The standard InChI is InChI=1S/C8H7F2/c9-6-8(10)7-4-2-1-3-5-7/h1-5H,6H2. The molecule has 0 amide bonds. The molecule has 0 aromatic heterocycles. The van der Waals surface area contributed by atoms with Crippen LogP contribution in [0.2, 0.25) is 0 Å². The van der Waals surface area contributed by atoms with Crippen molar-refractivity contribution < 1.29 is 8.78 Å². The van der Waals surface area contributed by atoms with Crippen LogP contribution in [0.1, 0.15) is 5.56 Å². The Labute approximate surface area is 58.5 Å². The van der Waals surface area contributed by atoms with Crippen molar-refractivity contribution in [3.05, 3.63) is 42.1 Å². The highest BCUT2D eigenvalue weighted by atomic mass is 19.2. The van der Waals surface area contributed by atoms with Crippen LogP contribution >= 0.6 is 0 Å². The lowest BCUT2D eigenvalue weighted by Gasteiger charge is -1.99. The van der Waals surface area contributed by atoms with Crippen LogP contribution in [0, 0.1) is 6.17 Å². The van der Waals surface area contributed by atoms with E-state index >= 15 is 0 Å². The maximum absolute atomic E-state index is 12.4. The van der Waals surface area contributed by atoms with Crippen LogP contribution in [0.3, 0.4) is 0 Å². The van der Waals surface area contributed by atoms with Crippen molar-refractivity contribution in [2.45, 2.75) is 0 Å². The maximum atomic E-state index is 12.4. The molecule has 0 saturated heterocycles. The average Bonchev–Trinajstić information content (AvgIpc) is 2.05. The van der Waals surface area contributed by atoms with Crippen LogP contribution in [0.4, 0.5) is 8.78 Å². The summed E-state index contributed by atoms with van der Waals surface area (Å²) >= 11 is 0. The van der Waals surface area contributed by atoms with E-state index in [4.69, 9.17) is 0 Å². The number of hydrogen-bond donors (Lipinski definition) is 0. The van der Waals surface area contributed by atoms with Crippen LogP contribution in [-0.2, 0) is 0 Å². The lowest BCUT2D eigenvalue weighted by molar-refractivity contribution is 0.398. The Kier molecular flexibility index (Phi) is 2.37. The monoisotopic (exact) mass is 141 g/mol. The van der Waals surface area contributed by atoms with Crippen molar-refractivity contribution in [1.29, 1.82) is 0 Å². The minimum absolute atomic E-state index is 0.324. The topological polar surface area (TPSA) is 0 Å². The Morgan fingerprint density at radius 2 is 1.80 bits per heavy atom. The molecule has 1 aromatic rings. The molecule has 0 spiro atoms. The third-order valence-electron chi connectivity index (χ3n) is 1.20. The van der Waals surface area contributed by atoms with Gasteiger partial charge in [0.1, 0.15) is 6.67 Å². The molecule has 10 heavy (non-hydrogen) atoms. The van der Waals surface area contributed by atoms with Crippen molar-refractivity contribution in [3.8, 4) is 0 Å². The average molecular weight is 141 g/mol. The van der Waals surface area contributed by atoms with Crippen molar-refractivity contribution in [2.24, 2.45) is 0 Å². The van der Waals surface area contributed by atoms with Gasteiger partial charge >= 0.3 is 0 Å². The summed E-state index contributed by atoms with van der Waals surface area (Å²) in [4.78, 5) is 0. The molecule has 0 saturated carbocycles. The van der Waals surface area contributed by atoms with Gasteiger partial charge in [0.25, 0.3) is 0 Å². The highest BCUT2D eigenvalue weighted by molar-refractivity contribution is 5.26. The lowest BCUT2D eigenvalue weighted by atomic mass is 10.1. The van der Waals surface area contributed by atoms with Crippen molar-refractivity contribution in [3.63, 3.8) is 0 Å². The summed E-state index contributed by atoms with van der Waals surface area (Å²) in [5.74, 6) is 0. The third kappa shape index (κ3) is 1.53. The summed E-state index contributed by atoms with van der Waals surface area (Å²) < 4.78 is 24.1. The Balaban J connectivity index is 2.75. The van der Waals surface area contributed by atoms with E-state index in [1.54, 1.807) is 18.2 Å². The fourth-order valence-electron chi connectivity index (χ4n) is 0.696. The minimum atomic E-state index is -1.02. The van der Waals surface area contributed by atoms with Gasteiger partial charge < -0.3 is 0 Å². The first-order valence-electron chi connectivity index (χ1n) is 2.97. The number of alkyl halides is 1. The van der Waals surface area contributed by atoms with Crippen LogP contribution < -0.4 is 0 Å². The van der Waals surface area contributed by atoms with Gasteiger partial charge in [-0.05, 0) is 5.56 Å². The normalized spacial score (nSPS) is 10.3. The first-order chi connectivity index (χ1) is 4.84. The van der Waals surface area contributed by atoms with E-state index in [0.29, 0.717) is 5.56 Å². The molecular formula is C8H7F2. The van der Waals surface area contributed by atoms with Gasteiger partial charge in [-0.3, -0.25) is 0 Å². The molecule has 0 N–H and O–H groups in total. The van der Waals surface area contributed by atoms with Gasteiger partial charge in [-0.2, -0.15) is 0 Å². The van der Waals surface area contributed by atoms with E-state index < -0.39 is 12.8 Å². The Bertz CT molecular complexity index is 184. The molecule has 0 aliphatic carbocycles. The highest BCUT2D eigenvalue weighted by Crippen LogP contribution is 2.15. The fourth-order valence-corrected chi connectivity index (χ4v) is 0.696. The Morgan fingerprint density at radius 1 is 1.20 bits per heavy atom. The number of rotatable bonds is 2. The number of hydrogen-bond acceptors (Lipinski definition) is 0. The first kappa shape index (κ1) is 7.19. The second-order valence-electron chi connectivity index (χ2n) is 1.90. The van der Waals surface area contributed by atoms with Crippen LogP contribution in [0.5, 0.6) is 0 Å². The predicted octanol–water partition coefficient (Wildman–Crippen LogP) is 2.51. The zero-order valence-electron chi connectivity index (χ0n) is 5.35. The second kappa shape index (κ2) is 3.30.